The van der Waals surface area contributed by atoms with Gasteiger partial charge >= 0.3 is 5.97 Å². The molecule has 0 aliphatic heterocycles. The Morgan fingerprint density at radius 2 is 2.17 bits per heavy atom. The number of amides is 1. The molecule has 1 heterocycles. The fraction of sp³-hybridized carbons (Fsp3) is 0.545. The van der Waals surface area contributed by atoms with E-state index in [1.807, 2.05) is 0 Å². The van der Waals surface area contributed by atoms with Crippen molar-refractivity contribution in [3.63, 3.8) is 0 Å². The first kappa shape index (κ1) is 12.8. The number of hydrogen-bond donors (Lipinski definition) is 3. The standard InChI is InChI=1S/C11H15N3O3S/c1-5(9(15)13-7-3-4-7)12-11-14-8(10(16)17)6(2)18-11/h5,7H,3-4H2,1-2H3,(H,12,14)(H,13,15)(H,16,17). The predicted octanol–water partition coefficient (Wildman–Crippen LogP) is 1.23. The van der Waals surface area contributed by atoms with Crippen molar-refractivity contribution in [2.45, 2.75) is 38.8 Å². The van der Waals surface area contributed by atoms with Gasteiger partial charge in [0, 0.05) is 10.9 Å². The van der Waals surface area contributed by atoms with Crippen LogP contribution in [-0.2, 0) is 4.79 Å². The van der Waals surface area contributed by atoms with E-state index in [0.29, 0.717) is 16.1 Å². The number of thiazole rings is 1. The summed E-state index contributed by atoms with van der Waals surface area (Å²) in [7, 11) is 0. The lowest BCUT2D eigenvalue weighted by atomic mass is 10.3. The van der Waals surface area contributed by atoms with Gasteiger partial charge in [0.2, 0.25) is 5.91 Å². The zero-order valence-corrected chi connectivity index (χ0v) is 11.0. The maximum Gasteiger partial charge on any atom is 0.355 e. The molecule has 0 radical (unpaired) electrons. The molecule has 0 bridgehead atoms. The van der Waals surface area contributed by atoms with Crippen LogP contribution in [-0.4, -0.2) is 34.1 Å². The summed E-state index contributed by atoms with van der Waals surface area (Å²) in [6.45, 7) is 3.43. The molecule has 1 unspecified atom stereocenters. The van der Waals surface area contributed by atoms with Crippen LogP contribution in [0, 0.1) is 6.92 Å². The number of rotatable bonds is 5. The molecule has 6 nitrogen and oxygen atoms in total. The first-order valence-electron chi connectivity index (χ1n) is 5.75. The smallest absolute Gasteiger partial charge is 0.355 e. The fourth-order valence-corrected chi connectivity index (χ4v) is 2.35. The predicted molar refractivity (Wildman–Crippen MR) is 68.1 cm³/mol. The van der Waals surface area contributed by atoms with Crippen molar-refractivity contribution in [1.82, 2.24) is 10.3 Å². The van der Waals surface area contributed by atoms with Crippen molar-refractivity contribution < 1.29 is 14.7 Å². The number of carbonyl (C=O) groups excluding carboxylic acids is 1. The van der Waals surface area contributed by atoms with E-state index >= 15 is 0 Å². The molecule has 0 spiro atoms. The van der Waals surface area contributed by atoms with Crippen LogP contribution in [0.5, 0.6) is 0 Å². The van der Waals surface area contributed by atoms with Crippen LogP contribution in [0.3, 0.4) is 0 Å². The van der Waals surface area contributed by atoms with Gasteiger partial charge < -0.3 is 15.7 Å². The lowest BCUT2D eigenvalue weighted by molar-refractivity contribution is -0.121. The quantitative estimate of drug-likeness (QED) is 0.747. The minimum Gasteiger partial charge on any atom is -0.476 e. The number of anilines is 1. The Hall–Kier alpha value is -1.63. The molecule has 1 aliphatic carbocycles. The molecule has 1 aliphatic rings. The summed E-state index contributed by atoms with van der Waals surface area (Å²) in [5.41, 5.74) is 0.0392. The fourth-order valence-electron chi connectivity index (χ4n) is 1.46. The molecule has 3 N–H and O–H groups in total. The molecule has 7 heteroatoms. The molecule has 1 aromatic rings. The number of aromatic carboxylic acids is 1. The first-order chi connectivity index (χ1) is 8.47. The minimum atomic E-state index is -1.05. The van der Waals surface area contributed by atoms with Crippen LogP contribution in [0.25, 0.3) is 0 Å². The zero-order chi connectivity index (χ0) is 13.3. The highest BCUT2D eigenvalue weighted by Gasteiger charge is 2.26. The highest BCUT2D eigenvalue weighted by Crippen LogP contribution is 2.23. The number of nitrogens with one attached hydrogen (secondary N) is 2. The Morgan fingerprint density at radius 3 is 2.67 bits per heavy atom. The lowest BCUT2D eigenvalue weighted by Gasteiger charge is -2.12. The van der Waals surface area contributed by atoms with Gasteiger partial charge in [-0.05, 0) is 26.7 Å². The largest absolute Gasteiger partial charge is 0.476 e. The second-order valence-corrected chi connectivity index (χ2v) is 5.58. The third-order valence-electron chi connectivity index (χ3n) is 2.66. The number of carbonyl (C=O) groups is 2. The van der Waals surface area contributed by atoms with Gasteiger partial charge in [0.15, 0.2) is 10.8 Å². The van der Waals surface area contributed by atoms with E-state index < -0.39 is 12.0 Å². The molecule has 0 saturated heterocycles. The van der Waals surface area contributed by atoms with E-state index in [4.69, 9.17) is 5.11 Å². The second-order valence-electron chi connectivity index (χ2n) is 4.38. The summed E-state index contributed by atoms with van der Waals surface area (Å²) in [5, 5.41) is 15.1. The van der Waals surface area contributed by atoms with Crippen LogP contribution in [0.4, 0.5) is 5.13 Å². The summed E-state index contributed by atoms with van der Waals surface area (Å²) in [6.07, 6.45) is 2.08. The number of aromatic nitrogens is 1. The SMILES string of the molecule is Cc1sc(NC(C)C(=O)NC2CC2)nc1C(=O)O. The van der Waals surface area contributed by atoms with Crippen LogP contribution in [0.1, 0.15) is 35.1 Å². The number of nitrogens with zero attached hydrogens (tertiary/aromatic N) is 1. The third kappa shape index (κ3) is 2.98. The van der Waals surface area contributed by atoms with Gasteiger partial charge in [-0.2, -0.15) is 0 Å². The Bertz CT molecular complexity index is 482. The Morgan fingerprint density at radius 1 is 1.50 bits per heavy atom. The zero-order valence-electron chi connectivity index (χ0n) is 10.2. The number of carboxylic acids is 1. The highest BCUT2D eigenvalue weighted by atomic mass is 32.1. The Kier molecular flexibility index (Phi) is 3.51. The minimum absolute atomic E-state index is 0.0392. The van der Waals surface area contributed by atoms with Crippen LogP contribution in [0.2, 0.25) is 0 Å². The van der Waals surface area contributed by atoms with Gasteiger partial charge in [-0.3, -0.25) is 4.79 Å². The van der Waals surface area contributed by atoms with Gasteiger partial charge in [0.1, 0.15) is 6.04 Å². The summed E-state index contributed by atoms with van der Waals surface area (Å²) in [6, 6.07) is -0.104. The molecule has 1 aromatic heterocycles. The number of carboxylic acid groups (broad SMARTS) is 1. The van der Waals surface area contributed by atoms with Crippen molar-refractivity contribution in [2.24, 2.45) is 0 Å². The third-order valence-corrected chi connectivity index (χ3v) is 3.56. The summed E-state index contributed by atoms with van der Waals surface area (Å²) in [4.78, 5) is 27.1. The number of hydrogen-bond acceptors (Lipinski definition) is 5. The van der Waals surface area contributed by atoms with E-state index in [0.717, 1.165) is 12.8 Å². The van der Waals surface area contributed by atoms with E-state index in [9.17, 15) is 9.59 Å². The maximum absolute atomic E-state index is 11.7. The van der Waals surface area contributed by atoms with Gasteiger partial charge in [-0.1, -0.05) is 0 Å². The normalized spacial score (nSPS) is 16.1. The molecular formula is C11H15N3O3S. The van der Waals surface area contributed by atoms with Crippen molar-refractivity contribution in [3.05, 3.63) is 10.6 Å². The molecule has 18 heavy (non-hydrogen) atoms. The van der Waals surface area contributed by atoms with E-state index in [2.05, 4.69) is 15.6 Å². The van der Waals surface area contributed by atoms with Gasteiger partial charge in [0.25, 0.3) is 0 Å². The molecular weight excluding hydrogens is 254 g/mol. The molecule has 1 saturated carbocycles. The summed E-state index contributed by atoms with van der Waals surface area (Å²) >= 11 is 1.24. The molecule has 0 aromatic carbocycles. The average Bonchev–Trinajstić information content (AvgIpc) is 3.01. The summed E-state index contributed by atoms with van der Waals surface area (Å²) in [5.74, 6) is -1.13. The van der Waals surface area contributed by atoms with E-state index in [1.165, 1.54) is 11.3 Å². The molecule has 1 fully saturated rings. The second kappa shape index (κ2) is 4.93. The number of aryl methyl sites for hydroxylation is 1. The maximum atomic E-state index is 11.7. The Labute approximate surface area is 108 Å². The lowest BCUT2D eigenvalue weighted by Crippen LogP contribution is -2.38. The first-order valence-corrected chi connectivity index (χ1v) is 6.56. The molecule has 98 valence electrons. The van der Waals surface area contributed by atoms with Crippen LogP contribution in [0.15, 0.2) is 0 Å². The molecule has 1 atom stereocenters. The van der Waals surface area contributed by atoms with Crippen LogP contribution >= 0.6 is 11.3 Å². The topological polar surface area (TPSA) is 91.3 Å². The average molecular weight is 269 g/mol. The van der Waals surface area contributed by atoms with Crippen molar-refractivity contribution in [3.8, 4) is 0 Å². The van der Waals surface area contributed by atoms with Crippen molar-refractivity contribution in [1.29, 1.82) is 0 Å². The molecule has 1 amide bonds. The van der Waals surface area contributed by atoms with E-state index in [-0.39, 0.29) is 11.6 Å². The molecule has 2 rings (SSSR count). The summed E-state index contributed by atoms with van der Waals surface area (Å²) < 4.78 is 0. The highest BCUT2D eigenvalue weighted by molar-refractivity contribution is 7.15. The van der Waals surface area contributed by atoms with Gasteiger partial charge in [0.05, 0.1) is 0 Å². The van der Waals surface area contributed by atoms with Crippen molar-refractivity contribution >= 4 is 28.3 Å². The van der Waals surface area contributed by atoms with Crippen LogP contribution < -0.4 is 10.6 Å². The van der Waals surface area contributed by atoms with E-state index in [1.54, 1.807) is 13.8 Å². The van der Waals surface area contributed by atoms with Gasteiger partial charge in [-0.25, -0.2) is 9.78 Å². The Balaban J connectivity index is 1.97. The van der Waals surface area contributed by atoms with Crippen molar-refractivity contribution in [2.75, 3.05) is 5.32 Å². The monoisotopic (exact) mass is 269 g/mol. The van der Waals surface area contributed by atoms with Gasteiger partial charge in [-0.15, -0.1) is 11.3 Å².